The summed E-state index contributed by atoms with van der Waals surface area (Å²) in [6.45, 7) is 14.0. The van der Waals surface area contributed by atoms with Gasteiger partial charge >= 0.3 is 0 Å². The molecule has 280 valence electrons. The van der Waals surface area contributed by atoms with Crippen LogP contribution in [0.1, 0.15) is 126 Å². The van der Waals surface area contributed by atoms with Gasteiger partial charge in [-0.2, -0.15) is 0 Å². The topological polar surface area (TPSA) is 143 Å². The molecular formula is C39H66N2O8. The molecule has 3 saturated heterocycles. The van der Waals surface area contributed by atoms with Crippen molar-refractivity contribution < 1.29 is 38.8 Å². The Balaban J connectivity index is 1.38. The van der Waals surface area contributed by atoms with Crippen molar-refractivity contribution in [1.82, 2.24) is 10.6 Å². The minimum absolute atomic E-state index is 0.00875. The number of aliphatic hydroxyl groups is 2. The van der Waals surface area contributed by atoms with Crippen LogP contribution in [0.5, 0.6) is 0 Å². The largest absolute Gasteiger partial charge is 0.390 e. The number of rotatable bonds is 17. The summed E-state index contributed by atoms with van der Waals surface area (Å²) in [6, 6.07) is 0. The number of hydrogen-bond donors (Lipinski definition) is 4. The fourth-order valence-electron chi connectivity index (χ4n) is 7.33. The van der Waals surface area contributed by atoms with Crippen LogP contribution < -0.4 is 10.6 Å². The van der Waals surface area contributed by atoms with Gasteiger partial charge in [0.2, 0.25) is 11.8 Å². The van der Waals surface area contributed by atoms with Crippen molar-refractivity contribution in [2.75, 3.05) is 13.1 Å². The lowest BCUT2D eigenvalue weighted by atomic mass is 9.85. The Morgan fingerprint density at radius 3 is 2.41 bits per heavy atom. The van der Waals surface area contributed by atoms with Crippen molar-refractivity contribution in [3.8, 4) is 0 Å². The first-order valence-electron chi connectivity index (χ1n) is 19.0. The third-order valence-corrected chi connectivity index (χ3v) is 10.9. The summed E-state index contributed by atoms with van der Waals surface area (Å²) in [6.07, 6.45) is 13.4. The normalized spacial score (nSPS) is 32.0. The van der Waals surface area contributed by atoms with Crippen LogP contribution in [0, 0.1) is 23.7 Å². The first-order valence-corrected chi connectivity index (χ1v) is 19.0. The van der Waals surface area contributed by atoms with Crippen molar-refractivity contribution in [2.45, 2.75) is 168 Å². The SMILES string of the molecule is C/C=C/C(=O)C[C@@H]1CC[C@H](C)[C@H](C(=O)NC[C@H](O)[C@H](C)C(=O)NCCC[C@@H]2O[C@]3(CCC[C@H](CC[C@H](C)/C=C(\C)[C@H](C)O)O3)CC[C@@H]2C)O1. The van der Waals surface area contributed by atoms with E-state index in [-0.39, 0.29) is 54.8 Å². The van der Waals surface area contributed by atoms with Crippen LogP contribution in [-0.2, 0) is 28.6 Å². The molecule has 3 heterocycles. The molecule has 49 heavy (non-hydrogen) atoms. The number of amides is 2. The van der Waals surface area contributed by atoms with Crippen LogP contribution in [0.25, 0.3) is 0 Å². The van der Waals surface area contributed by atoms with Crippen molar-refractivity contribution >= 4 is 17.6 Å². The molecule has 10 heteroatoms. The average molecular weight is 691 g/mol. The molecule has 0 aromatic carbocycles. The van der Waals surface area contributed by atoms with Crippen LogP contribution in [0.15, 0.2) is 23.8 Å². The van der Waals surface area contributed by atoms with Crippen molar-refractivity contribution in [1.29, 1.82) is 0 Å². The zero-order chi connectivity index (χ0) is 36.1. The first-order chi connectivity index (χ1) is 23.2. The summed E-state index contributed by atoms with van der Waals surface area (Å²) in [7, 11) is 0. The van der Waals surface area contributed by atoms with E-state index >= 15 is 0 Å². The molecule has 0 aromatic heterocycles. The maximum Gasteiger partial charge on any atom is 0.249 e. The van der Waals surface area contributed by atoms with Crippen molar-refractivity contribution in [3.63, 3.8) is 0 Å². The van der Waals surface area contributed by atoms with Crippen molar-refractivity contribution in [3.05, 3.63) is 23.8 Å². The van der Waals surface area contributed by atoms with Crippen LogP contribution >= 0.6 is 0 Å². The number of nitrogens with one attached hydrogen (secondary N) is 2. The molecule has 1 spiro atoms. The Labute approximate surface area is 295 Å². The van der Waals surface area contributed by atoms with E-state index in [4.69, 9.17) is 14.2 Å². The minimum atomic E-state index is -1.05. The van der Waals surface area contributed by atoms with Gasteiger partial charge in [0.25, 0.3) is 0 Å². The number of ketones is 1. The fourth-order valence-corrected chi connectivity index (χ4v) is 7.33. The molecule has 10 nitrogen and oxygen atoms in total. The zero-order valence-corrected chi connectivity index (χ0v) is 31.2. The highest BCUT2D eigenvalue weighted by Crippen LogP contribution is 2.43. The predicted octanol–water partition coefficient (Wildman–Crippen LogP) is 5.54. The second-order valence-corrected chi connectivity index (χ2v) is 15.3. The van der Waals surface area contributed by atoms with Gasteiger partial charge in [0.1, 0.15) is 6.10 Å². The van der Waals surface area contributed by atoms with E-state index in [0.29, 0.717) is 18.4 Å². The van der Waals surface area contributed by atoms with E-state index in [2.05, 4.69) is 30.6 Å². The van der Waals surface area contributed by atoms with Crippen LogP contribution in [0.2, 0.25) is 0 Å². The quantitative estimate of drug-likeness (QED) is 0.0886. The third kappa shape index (κ3) is 13.2. The minimum Gasteiger partial charge on any atom is -0.390 e. The van der Waals surface area contributed by atoms with Crippen molar-refractivity contribution in [2.24, 2.45) is 23.7 Å². The summed E-state index contributed by atoms with van der Waals surface area (Å²) in [4.78, 5) is 37.8. The molecule has 3 aliphatic heterocycles. The number of carbonyl (C=O) groups excluding carboxylic acids is 3. The lowest BCUT2D eigenvalue weighted by molar-refractivity contribution is -0.324. The number of allylic oxidation sites excluding steroid dienone is 3. The Bertz CT molecular complexity index is 1120. The molecule has 3 rings (SSSR count). The monoisotopic (exact) mass is 690 g/mol. The Hall–Kier alpha value is -2.11. The Kier molecular flexibility index (Phi) is 16.9. The zero-order valence-electron chi connectivity index (χ0n) is 31.2. The van der Waals surface area contributed by atoms with Gasteiger partial charge in [0, 0.05) is 32.4 Å². The molecule has 0 radical (unpaired) electrons. The van der Waals surface area contributed by atoms with E-state index in [9.17, 15) is 24.6 Å². The van der Waals surface area contributed by atoms with Crippen LogP contribution in [-0.4, -0.2) is 83.3 Å². The van der Waals surface area contributed by atoms with E-state index in [1.54, 1.807) is 26.8 Å². The van der Waals surface area contributed by atoms with Crippen LogP contribution in [0.4, 0.5) is 0 Å². The molecule has 0 saturated carbocycles. The van der Waals surface area contributed by atoms with Gasteiger partial charge < -0.3 is 35.1 Å². The number of aliphatic hydroxyl groups excluding tert-OH is 2. The summed E-state index contributed by atoms with van der Waals surface area (Å²) < 4.78 is 19.3. The van der Waals surface area contributed by atoms with Crippen LogP contribution in [0.3, 0.4) is 0 Å². The van der Waals surface area contributed by atoms with Gasteiger partial charge in [-0.15, -0.1) is 0 Å². The molecule has 3 fully saturated rings. The number of ether oxygens (including phenoxy) is 3. The van der Waals surface area contributed by atoms with Gasteiger partial charge in [0.05, 0.1) is 36.4 Å². The van der Waals surface area contributed by atoms with Gasteiger partial charge in [-0.1, -0.05) is 39.8 Å². The summed E-state index contributed by atoms with van der Waals surface area (Å²) in [5, 5.41) is 26.2. The van der Waals surface area contributed by atoms with E-state index < -0.39 is 30.0 Å². The van der Waals surface area contributed by atoms with Gasteiger partial charge in [0.15, 0.2) is 11.6 Å². The lowest BCUT2D eigenvalue weighted by Gasteiger charge is -2.48. The third-order valence-electron chi connectivity index (χ3n) is 10.9. The molecule has 4 N–H and O–H groups in total. The number of carbonyl (C=O) groups is 3. The smallest absolute Gasteiger partial charge is 0.249 e. The second kappa shape index (κ2) is 20.1. The standard InChI is InChI=1S/C39H66N2O8/c1-8-11-31(43)23-33-17-15-27(4)36(47-33)38(46)41-24-34(44)29(6)37(45)40-21-10-13-35-26(3)18-20-39(49-35)19-9-12-32(48-39)16-14-25(2)22-28(5)30(7)42/h8,11,22,25-27,29-30,32-36,42,44H,9-10,12-21,23-24H2,1-7H3,(H,40,45)(H,41,46)/b11-8+,28-22+/t25-,26-,27-,29-,30-,32+,33-,34-,35-,36+,39+/m0/s1. The Morgan fingerprint density at radius 1 is 0.939 bits per heavy atom. The second-order valence-electron chi connectivity index (χ2n) is 15.3. The number of hydrogen-bond acceptors (Lipinski definition) is 8. The highest BCUT2D eigenvalue weighted by molar-refractivity contribution is 5.90. The predicted molar refractivity (Wildman–Crippen MR) is 190 cm³/mol. The average Bonchev–Trinajstić information content (AvgIpc) is 3.06. The maximum absolute atomic E-state index is 12.9. The van der Waals surface area contributed by atoms with Gasteiger partial charge in [-0.25, -0.2) is 0 Å². The van der Waals surface area contributed by atoms with E-state index in [0.717, 1.165) is 76.2 Å². The summed E-state index contributed by atoms with van der Waals surface area (Å²) in [5.41, 5.74) is 1.01. The fraction of sp³-hybridized carbons (Fsp3) is 0.821. The molecule has 0 bridgehead atoms. The van der Waals surface area contributed by atoms with Gasteiger partial charge in [-0.3, -0.25) is 14.4 Å². The molecule has 0 aliphatic carbocycles. The molecule has 2 amide bonds. The molecular weight excluding hydrogens is 624 g/mol. The highest BCUT2D eigenvalue weighted by atomic mass is 16.7. The van der Waals surface area contributed by atoms with Gasteiger partial charge in [-0.05, 0) is 108 Å². The lowest BCUT2D eigenvalue weighted by Crippen LogP contribution is -2.50. The molecule has 11 atom stereocenters. The first kappa shape index (κ1) is 41.3. The Morgan fingerprint density at radius 2 is 1.69 bits per heavy atom. The highest BCUT2D eigenvalue weighted by Gasteiger charge is 2.44. The van der Waals surface area contributed by atoms with E-state index in [1.807, 2.05) is 13.8 Å². The maximum atomic E-state index is 12.9. The molecule has 0 unspecified atom stereocenters. The summed E-state index contributed by atoms with van der Waals surface area (Å²) >= 11 is 0. The molecule has 0 aromatic rings. The summed E-state index contributed by atoms with van der Waals surface area (Å²) in [5.74, 6) is -1.06. The van der Waals surface area contributed by atoms with E-state index in [1.165, 1.54) is 6.08 Å². The molecule has 3 aliphatic rings.